The number of carbonyl (C=O) groups excluding carboxylic acids is 1. The molecule has 3 N–H and O–H groups in total. The number of hydrogen-bond acceptors (Lipinski definition) is 3. The van der Waals surface area contributed by atoms with Gasteiger partial charge >= 0.3 is 0 Å². The van der Waals surface area contributed by atoms with E-state index in [1.165, 1.54) is 24.3 Å². The number of sulfonamides is 1. The van der Waals surface area contributed by atoms with Gasteiger partial charge in [0.2, 0.25) is 10.0 Å². The summed E-state index contributed by atoms with van der Waals surface area (Å²) in [6.45, 7) is -0.0673. The zero-order valence-corrected chi connectivity index (χ0v) is 12.3. The van der Waals surface area contributed by atoms with Crippen molar-refractivity contribution in [2.75, 3.05) is 0 Å². The average molecular weight is 344 g/mol. The Balaban J connectivity index is 2.09. The Labute approximate surface area is 130 Å². The fourth-order valence-electron chi connectivity index (χ4n) is 1.78. The molecule has 0 saturated heterocycles. The SMILES string of the molecule is NS(=O)(=O)c1ccc(CNC(=O)c2ccc(F)c(F)c2F)cc1. The Morgan fingerprint density at radius 2 is 1.61 bits per heavy atom. The lowest BCUT2D eigenvalue weighted by atomic mass is 10.1. The molecule has 2 aromatic rings. The first-order valence-electron chi connectivity index (χ1n) is 6.23. The molecule has 0 saturated carbocycles. The van der Waals surface area contributed by atoms with Gasteiger partial charge in [0.25, 0.3) is 5.91 Å². The Bertz CT molecular complexity index is 852. The fourth-order valence-corrected chi connectivity index (χ4v) is 2.29. The highest BCUT2D eigenvalue weighted by atomic mass is 32.2. The van der Waals surface area contributed by atoms with Gasteiger partial charge in [-0.1, -0.05) is 12.1 Å². The molecule has 2 aromatic carbocycles. The molecule has 0 radical (unpaired) electrons. The quantitative estimate of drug-likeness (QED) is 0.827. The van der Waals surface area contributed by atoms with E-state index in [1.807, 2.05) is 0 Å². The lowest BCUT2D eigenvalue weighted by molar-refractivity contribution is 0.0945. The van der Waals surface area contributed by atoms with Crippen molar-refractivity contribution in [3.05, 3.63) is 65.0 Å². The van der Waals surface area contributed by atoms with Crippen LogP contribution in [0.3, 0.4) is 0 Å². The van der Waals surface area contributed by atoms with E-state index in [0.717, 1.165) is 6.07 Å². The molecule has 0 aliphatic rings. The lowest BCUT2D eigenvalue weighted by Crippen LogP contribution is -2.24. The molecule has 9 heteroatoms. The highest BCUT2D eigenvalue weighted by Crippen LogP contribution is 2.15. The molecular formula is C14H11F3N2O3S. The second-order valence-corrected chi connectivity index (χ2v) is 6.16. The number of nitrogens with one attached hydrogen (secondary N) is 1. The van der Waals surface area contributed by atoms with Gasteiger partial charge in [0.05, 0.1) is 10.5 Å². The zero-order valence-electron chi connectivity index (χ0n) is 11.5. The summed E-state index contributed by atoms with van der Waals surface area (Å²) in [6.07, 6.45) is 0. The number of rotatable bonds is 4. The molecule has 0 aliphatic carbocycles. The Kier molecular flexibility index (Phi) is 4.71. The minimum Gasteiger partial charge on any atom is -0.348 e. The van der Waals surface area contributed by atoms with Crippen LogP contribution in [0.1, 0.15) is 15.9 Å². The first-order valence-corrected chi connectivity index (χ1v) is 7.78. The first kappa shape index (κ1) is 17.0. The molecule has 2 rings (SSSR count). The Morgan fingerprint density at radius 1 is 1.00 bits per heavy atom. The number of nitrogens with two attached hydrogens (primary N) is 1. The van der Waals surface area contributed by atoms with Gasteiger partial charge in [0.15, 0.2) is 17.5 Å². The maximum absolute atomic E-state index is 13.5. The van der Waals surface area contributed by atoms with Crippen molar-refractivity contribution in [2.45, 2.75) is 11.4 Å². The van der Waals surface area contributed by atoms with Crippen LogP contribution < -0.4 is 10.5 Å². The summed E-state index contributed by atoms with van der Waals surface area (Å²) in [4.78, 5) is 11.7. The van der Waals surface area contributed by atoms with E-state index in [1.54, 1.807) is 0 Å². The van der Waals surface area contributed by atoms with Crippen LogP contribution in [0, 0.1) is 17.5 Å². The first-order chi connectivity index (χ1) is 10.7. The van der Waals surface area contributed by atoms with E-state index in [-0.39, 0.29) is 11.4 Å². The number of primary sulfonamides is 1. The molecule has 5 nitrogen and oxygen atoms in total. The predicted octanol–water partition coefficient (Wildman–Crippen LogP) is 1.68. The van der Waals surface area contributed by atoms with Crippen LogP contribution in [0.5, 0.6) is 0 Å². The summed E-state index contributed by atoms with van der Waals surface area (Å²) in [5, 5.41) is 7.25. The van der Waals surface area contributed by atoms with Gasteiger partial charge in [0, 0.05) is 6.54 Å². The van der Waals surface area contributed by atoms with Crippen molar-refractivity contribution in [1.29, 1.82) is 0 Å². The molecule has 0 heterocycles. The van der Waals surface area contributed by atoms with Crippen LogP contribution in [0.4, 0.5) is 13.2 Å². The lowest BCUT2D eigenvalue weighted by Gasteiger charge is -2.07. The highest BCUT2D eigenvalue weighted by molar-refractivity contribution is 7.89. The van der Waals surface area contributed by atoms with Crippen LogP contribution >= 0.6 is 0 Å². The summed E-state index contributed by atoms with van der Waals surface area (Å²) >= 11 is 0. The summed E-state index contributed by atoms with van der Waals surface area (Å²) in [5.41, 5.74) is -0.126. The Hall–Kier alpha value is -2.39. The molecule has 122 valence electrons. The summed E-state index contributed by atoms with van der Waals surface area (Å²) in [5.74, 6) is -5.63. The van der Waals surface area contributed by atoms with Crippen molar-refractivity contribution >= 4 is 15.9 Å². The third kappa shape index (κ3) is 3.88. The van der Waals surface area contributed by atoms with Gasteiger partial charge in [0.1, 0.15) is 0 Å². The predicted molar refractivity (Wildman–Crippen MR) is 75.3 cm³/mol. The smallest absolute Gasteiger partial charge is 0.254 e. The average Bonchev–Trinajstić information content (AvgIpc) is 2.50. The monoisotopic (exact) mass is 344 g/mol. The maximum atomic E-state index is 13.5. The standard InChI is InChI=1S/C14H11F3N2O3S/c15-11-6-5-10(12(16)13(11)17)14(20)19-7-8-1-3-9(4-2-8)23(18,21)22/h1-6H,7H2,(H,19,20)(H2,18,21,22). The Morgan fingerprint density at radius 3 is 2.17 bits per heavy atom. The van der Waals surface area contributed by atoms with Crippen LogP contribution in [0.25, 0.3) is 0 Å². The molecular weight excluding hydrogens is 333 g/mol. The normalized spacial score (nSPS) is 11.3. The van der Waals surface area contributed by atoms with Gasteiger partial charge in [-0.2, -0.15) is 0 Å². The number of halogens is 3. The van der Waals surface area contributed by atoms with Crippen molar-refractivity contribution in [3.8, 4) is 0 Å². The van der Waals surface area contributed by atoms with Crippen LogP contribution in [0.15, 0.2) is 41.3 Å². The van der Waals surface area contributed by atoms with Crippen LogP contribution in [0.2, 0.25) is 0 Å². The number of amides is 1. The van der Waals surface area contributed by atoms with E-state index in [4.69, 9.17) is 5.14 Å². The van der Waals surface area contributed by atoms with Crippen molar-refractivity contribution < 1.29 is 26.4 Å². The maximum Gasteiger partial charge on any atom is 0.254 e. The largest absolute Gasteiger partial charge is 0.348 e. The molecule has 1 amide bonds. The number of benzene rings is 2. The van der Waals surface area contributed by atoms with E-state index >= 15 is 0 Å². The van der Waals surface area contributed by atoms with E-state index in [2.05, 4.69) is 5.32 Å². The van der Waals surface area contributed by atoms with Gasteiger partial charge in [-0.05, 0) is 29.8 Å². The fraction of sp³-hybridized carbons (Fsp3) is 0.0714. The second kappa shape index (κ2) is 6.39. The molecule has 0 spiro atoms. The van der Waals surface area contributed by atoms with E-state index in [0.29, 0.717) is 11.6 Å². The highest BCUT2D eigenvalue weighted by Gasteiger charge is 2.18. The van der Waals surface area contributed by atoms with Gasteiger partial charge < -0.3 is 5.32 Å². The topological polar surface area (TPSA) is 89.3 Å². The van der Waals surface area contributed by atoms with Crippen LogP contribution in [-0.4, -0.2) is 14.3 Å². The number of hydrogen-bond donors (Lipinski definition) is 2. The molecule has 0 atom stereocenters. The minimum atomic E-state index is -3.82. The van der Waals surface area contributed by atoms with E-state index in [9.17, 15) is 26.4 Å². The van der Waals surface area contributed by atoms with Gasteiger partial charge in [-0.3, -0.25) is 4.79 Å². The zero-order chi connectivity index (χ0) is 17.2. The minimum absolute atomic E-state index is 0.0673. The van der Waals surface area contributed by atoms with Crippen molar-refractivity contribution in [1.82, 2.24) is 5.32 Å². The summed E-state index contributed by atoms with van der Waals surface area (Å²) in [6, 6.07) is 6.77. The number of carbonyl (C=O) groups is 1. The van der Waals surface area contributed by atoms with Crippen LogP contribution in [-0.2, 0) is 16.6 Å². The molecule has 0 bridgehead atoms. The van der Waals surface area contributed by atoms with Gasteiger partial charge in [-0.25, -0.2) is 26.7 Å². The summed E-state index contributed by atoms with van der Waals surface area (Å²) < 4.78 is 61.5. The summed E-state index contributed by atoms with van der Waals surface area (Å²) in [7, 11) is -3.82. The van der Waals surface area contributed by atoms with Gasteiger partial charge in [-0.15, -0.1) is 0 Å². The molecule has 0 fully saturated rings. The van der Waals surface area contributed by atoms with Crippen molar-refractivity contribution in [2.24, 2.45) is 5.14 Å². The second-order valence-electron chi connectivity index (χ2n) is 4.59. The third-order valence-electron chi connectivity index (χ3n) is 2.98. The molecule has 0 aliphatic heterocycles. The van der Waals surface area contributed by atoms with Crippen molar-refractivity contribution in [3.63, 3.8) is 0 Å². The van der Waals surface area contributed by atoms with E-state index < -0.39 is 38.9 Å². The third-order valence-corrected chi connectivity index (χ3v) is 3.91. The molecule has 0 aromatic heterocycles. The molecule has 23 heavy (non-hydrogen) atoms. The molecule has 0 unspecified atom stereocenters.